The smallest absolute Gasteiger partial charge is 0.246 e. The minimum atomic E-state index is 0.0483. The van der Waals surface area contributed by atoms with E-state index in [-0.39, 0.29) is 5.91 Å². The number of fused-ring (bicyclic) bond motifs is 1. The second-order valence-electron chi connectivity index (χ2n) is 7.03. The molecule has 3 aromatic rings. The summed E-state index contributed by atoms with van der Waals surface area (Å²) in [5, 5.41) is 7.46. The minimum absolute atomic E-state index is 0.0483. The van der Waals surface area contributed by atoms with Gasteiger partial charge in [0.05, 0.1) is 22.9 Å². The minimum Gasteiger partial charge on any atom is -0.357 e. The molecule has 0 unspecified atom stereocenters. The molecular formula is C20H26N8O. The topological polar surface area (TPSA) is 94.4 Å². The van der Waals surface area contributed by atoms with E-state index in [0.717, 1.165) is 41.6 Å². The van der Waals surface area contributed by atoms with Crippen LogP contribution in [0.4, 0.5) is 5.69 Å². The molecule has 0 spiro atoms. The van der Waals surface area contributed by atoms with Gasteiger partial charge in [-0.3, -0.25) is 14.5 Å². The summed E-state index contributed by atoms with van der Waals surface area (Å²) in [7, 11) is 1.85. The molecule has 1 aliphatic rings. The fraction of sp³-hybridized carbons (Fsp3) is 0.400. The van der Waals surface area contributed by atoms with Gasteiger partial charge in [-0.2, -0.15) is 5.10 Å². The zero-order valence-corrected chi connectivity index (χ0v) is 16.8. The SMILES string of the molecule is CCNC(=NCCc1nc2ccccc2[nH]1)N1CCN(c2cnn(C)c2)C(=O)C1. The Morgan fingerprint density at radius 2 is 2.17 bits per heavy atom. The van der Waals surface area contributed by atoms with Crippen molar-refractivity contribution >= 4 is 28.6 Å². The number of para-hydroxylation sites is 2. The Morgan fingerprint density at radius 3 is 2.90 bits per heavy atom. The van der Waals surface area contributed by atoms with E-state index < -0.39 is 0 Å². The number of hydrogen-bond donors (Lipinski definition) is 2. The highest BCUT2D eigenvalue weighted by Crippen LogP contribution is 2.16. The normalized spacial score (nSPS) is 15.4. The van der Waals surface area contributed by atoms with Crippen LogP contribution in [-0.2, 0) is 18.3 Å². The lowest BCUT2D eigenvalue weighted by molar-refractivity contribution is -0.120. The quantitative estimate of drug-likeness (QED) is 0.500. The zero-order valence-electron chi connectivity index (χ0n) is 16.8. The Balaban J connectivity index is 1.39. The molecular weight excluding hydrogens is 368 g/mol. The lowest BCUT2D eigenvalue weighted by atomic mass is 10.3. The van der Waals surface area contributed by atoms with Crippen LogP contribution in [0.15, 0.2) is 41.7 Å². The summed E-state index contributed by atoms with van der Waals surface area (Å²) >= 11 is 0. The molecule has 9 nitrogen and oxygen atoms in total. The van der Waals surface area contributed by atoms with Crippen molar-refractivity contribution in [2.75, 3.05) is 37.6 Å². The lowest BCUT2D eigenvalue weighted by Gasteiger charge is -2.35. The number of piperazine rings is 1. The van der Waals surface area contributed by atoms with Crippen LogP contribution in [-0.4, -0.2) is 69.2 Å². The van der Waals surface area contributed by atoms with E-state index in [1.807, 2.05) is 49.3 Å². The summed E-state index contributed by atoms with van der Waals surface area (Å²) in [6.45, 7) is 5.00. The second kappa shape index (κ2) is 8.34. The van der Waals surface area contributed by atoms with Gasteiger partial charge >= 0.3 is 0 Å². The average molecular weight is 394 g/mol. The number of rotatable bonds is 5. The van der Waals surface area contributed by atoms with E-state index in [2.05, 4.69) is 20.4 Å². The summed E-state index contributed by atoms with van der Waals surface area (Å²) in [5.74, 6) is 1.73. The van der Waals surface area contributed by atoms with E-state index in [1.54, 1.807) is 15.8 Å². The maximum Gasteiger partial charge on any atom is 0.246 e. The molecule has 0 saturated carbocycles. The molecule has 0 bridgehead atoms. The molecule has 3 heterocycles. The molecule has 29 heavy (non-hydrogen) atoms. The molecule has 0 aliphatic carbocycles. The van der Waals surface area contributed by atoms with Gasteiger partial charge in [0.1, 0.15) is 12.4 Å². The Hall–Kier alpha value is -3.36. The number of aliphatic imine (C=N–C) groups is 1. The highest BCUT2D eigenvalue weighted by atomic mass is 16.2. The zero-order chi connectivity index (χ0) is 20.2. The molecule has 0 radical (unpaired) electrons. The highest BCUT2D eigenvalue weighted by Gasteiger charge is 2.27. The van der Waals surface area contributed by atoms with Gasteiger partial charge in [-0.1, -0.05) is 12.1 Å². The number of nitrogens with zero attached hydrogens (tertiary/aromatic N) is 6. The predicted octanol–water partition coefficient (Wildman–Crippen LogP) is 1.15. The number of H-pyrrole nitrogens is 1. The summed E-state index contributed by atoms with van der Waals surface area (Å²) in [6, 6.07) is 7.99. The third-order valence-corrected chi connectivity index (χ3v) is 4.91. The van der Waals surface area contributed by atoms with Crippen LogP contribution in [0.1, 0.15) is 12.7 Å². The lowest BCUT2D eigenvalue weighted by Crippen LogP contribution is -2.55. The molecule has 2 N–H and O–H groups in total. The number of guanidine groups is 1. The van der Waals surface area contributed by atoms with Gasteiger partial charge in [0.2, 0.25) is 5.91 Å². The third-order valence-electron chi connectivity index (χ3n) is 4.91. The van der Waals surface area contributed by atoms with Gasteiger partial charge in [0.25, 0.3) is 0 Å². The van der Waals surface area contributed by atoms with Crippen molar-refractivity contribution in [3.63, 3.8) is 0 Å². The first-order chi connectivity index (χ1) is 14.1. The van der Waals surface area contributed by atoms with Crippen molar-refractivity contribution < 1.29 is 4.79 Å². The molecule has 1 fully saturated rings. The van der Waals surface area contributed by atoms with E-state index in [9.17, 15) is 4.79 Å². The van der Waals surface area contributed by atoms with Crippen LogP contribution in [0.5, 0.6) is 0 Å². The summed E-state index contributed by atoms with van der Waals surface area (Å²) in [6.07, 6.45) is 4.30. The van der Waals surface area contributed by atoms with Gasteiger partial charge in [0, 0.05) is 45.8 Å². The number of carbonyl (C=O) groups excluding carboxylic acids is 1. The largest absolute Gasteiger partial charge is 0.357 e. The van der Waals surface area contributed by atoms with E-state index in [1.165, 1.54) is 0 Å². The number of aromatic amines is 1. The van der Waals surface area contributed by atoms with E-state index in [4.69, 9.17) is 4.99 Å². The number of imidazole rings is 1. The van der Waals surface area contributed by atoms with E-state index in [0.29, 0.717) is 26.1 Å². The van der Waals surface area contributed by atoms with Crippen molar-refractivity contribution in [3.8, 4) is 0 Å². The molecule has 1 saturated heterocycles. The van der Waals surface area contributed by atoms with Crippen LogP contribution in [0.2, 0.25) is 0 Å². The van der Waals surface area contributed by atoms with Crippen molar-refractivity contribution in [3.05, 3.63) is 42.5 Å². The summed E-state index contributed by atoms with van der Waals surface area (Å²) in [5.41, 5.74) is 2.84. The predicted molar refractivity (Wildman–Crippen MR) is 113 cm³/mol. The van der Waals surface area contributed by atoms with Crippen molar-refractivity contribution in [2.45, 2.75) is 13.3 Å². The number of hydrogen-bond acceptors (Lipinski definition) is 4. The van der Waals surface area contributed by atoms with Gasteiger partial charge in [0.15, 0.2) is 5.96 Å². The van der Waals surface area contributed by atoms with Gasteiger partial charge < -0.3 is 20.1 Å². The van der Waals surface area contributed by atoms with Crippen molar-refractivity contribution in [1.82, 2.24) is 30.0 Å². The van der Waals surface area contributed by atoms with Crippen LogP contribution in [0.25, 0.3) is 11.0 Å². The number of aromatic nitrogens is 4. The number of aryl methyl sites for hydroxylation is 1. The standard InChI is InChI=1S/C20H26N8O/c1-3-21-20(22-9-8-18-24-16-6-4-5-7-17(16)25-18)27-10-11-28(19(29)14-27)15-12-23-26(2)13-15/h4-7,12-13H,3,8-11,14H2,1-2H3,(H,21,22)(H,24,25). The monoisotopic (exact) mass is 394 g/mol. The number of carbonyl (C=O) groups is 1. The van der Waals surface area contributed by atoms with Crippen molar-refractivity contribution in [2.24, 2.45) is 12.0 Å². The van der Waals surface area contributed by atoms with Crippen LogP contribution >= 0.6 is 0 Å². The Kier molecular flexibility index (Phi) is 5.46. The number of nitrogens with one attached hydrogen (secondary N) is 2. The summed E-state index contributed by atoms with van der Waals surface area (Å²) in [4.78, 5) is 29.1. The molecule has 152 valence electrons. The molecule has 4 rings (SSSR count). The van der Waals surface area contributed by atoms with Crippen LogP contribution in [0.3, 0.4) is 0 Å². The van der Waals surface area contributed by atoms with E-state index >= 15 is 0 Å². The Labute approximate surface area is 169 Å². The van der Waals surface area contributed by atoms with Crippen molar-refractivity contribution in [1.29, 1.82) is 0 Å². The number of benzene rings is 1. The van der Waals surface area contributed by atoms with Crippen LogP contribution < -0.4 is 10.2 Å². The maximum absolute atomic E-state index is 12.7. The van der Waals surface area contributed by atoms with Crippen LogP contribution in [0, 0.1) is 0 Å². The molecule has 1 amide bonds. The Bertz CT molecular complexity index is 987. The maximum atomic E-state index is 12.7. The first-order valence-corrected chi connectivity index (χ1v) is 9.90. The first-order valence-electron chi connectivity index (χ1n) is 9.90. The molecule has 0 atom stereocenters. The fourth-order valence-electron chi connectivity index (χ4n) is 3.49. The van der Waals surface area contributed by atoms with Gasteiger partial charge in [-0.25, -0.2) is 4.98 Å². The Morgan fingerprint density at radius 1 is 1.31 bits per heavy atom. The third kappa shape index (κ3) is 4.23. The average Bonchev–Trinajstić information content (AvgIpc) is 3.33. The van der Waals surface area contributed by atoms with Gasteiger partial charge in [-0.05, 0) is 19.1 Å². The second-order valence-corrected chi connectivity index (χ2v) is 7.03. The number of amides is 1. The molecule has 1 aromatic carbocycles. The molecule has 9 heteroatoms. The molecule has 1 aliphatic heterocycles. The first kappa shape index (κ1) is 19.0. The fourth-order valence-corrected chi connectivity index (χ4v) is 3.49. The highest BCUT2D eigenvalue weighted by molar-refractivity contribution is 5.98. The number of anilines is 1. The summed E-state index contributed by atoms with van der Waals surface area (Å²) < 4.78 is 1.71. The molecule has 2 aromatic heterocycles. The van der Waals surface area contributed by atoms with Gasteiger partial charge in [-0.15, -0.1) is 0 Å².